The third kappa shape index (κ3) is 6.26. The molecule has 9 heteroatoms. The number of pyridine rings is 1. The summed E-state index contributed by atoms with van der Waals surface area (Å²) in [7, 11) is 5.16. The number of anilines is 2. The number of fused-ring (bicyclic) bond motifs is 1. The van der Waals surface area contributed by atoms with Gasteiger partial charge in [0, 0.05) is 57.4 Å². The van der Waals surface area contributed by atoms with E-state index in [-0.39, 0.29) is 17.8 Å². The summed E-state index contributed by atoms with van der Waals surface area (Å²) in [5.41, 5.74) is 6.98. The molecule has 3 heterocycles. The van der Waals surface area contributed by atoms with E-state index in [4.69, 9.17) is 9.72 Å². The number of rotatable bonds is 9. The molecule has 2 aromatic carbocycles. The number of nitrogens with one attached hydrogen (secondary N) is 1. The molecule has 1 N–H and O–H groups in total. The highest BCUT2D eigenvalue weighted by atomic mass is 19.1. The van der Waals surface area contributed by atoms with Gasteiger partial charge in [-0.2, -0.15) is 0 Å². The number of hydrogen-bond donors (Lipinski definition) is 1. The number of aromatic nitrogens is 2. The molecule has 1 aliphatic heterocycles. The molecule has 0 bridgehead atoms. The number of halogens is 1. The van der Waals surface area contributed by atoms with Crippen molar-refractivity contribution in [3.05, 3.63) is 89.5 Å². The van der Waals surface area contributed by atoms with Crippen LogP contribution in [-0.4, -0.2) is 62.1 Å². The van der Waals surface area contributed by atoms with Crippen LogP contribution < -0.4 is 15.1 Å². The average molecular weight is 584 g/mol. The summed E-state index contributed by atoms with van der Waals surface area (Å²) in [5, 5.41) is 3.05. The van der Waals surface area contributed by atoms with Gasteiger partial charge >= 0.3 is 5.97 Å². The van der Waals surface area contributed by atoms with Gasteiger partial charge in [0.25, 0.3) is 5.91 Å². The molecule has 2 aromatic heterocycles. The van der Waals surface area contributed by atoms with E-state index in [2.05, 4.69) is 30.4 Å². The lowest BCUT2D eigenvalue weighted by Crippen LogP contribution is -2.26. The van der Waals surface area contributed by atoms with Crippen molar-refractivity contribution in [2.45, 2.75) is 26.7 Å². The van der Waals surface area contributed by atoms with E-state index in [0.29, 0.717) is 60.6 Å². The maximum Gasteiger partial charge on any atom is 0.310 e. The van der Waals surface area contributed by atoms with E-state index < -0.39 is 5.82 Å². The first-order chi connectivity index (χ1) is 20.7. The molecule has 1 atom stereocenters. The number of amides is 1. The van der Waals surface area contributed by atoms with Crippen molar-refractivity contribution in [3.8, 4) is 11.3 Å². The summed E-state index contributed by atoms with van der Waals surface area (Å²) in [6.07, 6.45) is 6.95. The van der Waals surface area contributed by atoms with Gasteiger partial charge in [0.05, 0.1) is 30.0 Å². The first-order valence-electron chi connectivity index (χ1n) is 14.5. The van der Waals surface area contributed by atoms with Gasteiger partial charge in [-0.3, -0.25) is 9.59 Å². The Bertz CT molecular complexity index is 1690. The normalized spacial score (nSPS) is 15.2. The molecular weight excluding hydrogens is 545 g/mol. The van der Waals surface area contributed by atoms with Crippen LogP contribution in [0, 0.1) is 11.7 Å². The molecule has 4 aromatic rings. The Balaban J connectivity index is 1.35. The van der Waals surface area contributed by atoms with Crippen LogP contribution in [0.5, 0.6) is 0 Å². The second kappa shape index (κ2) is 12.7. The third-order valence-corrected chi connectivity index (χ3v) is 8.15. The van der Waals surface area contributed by atoms with Crippen molar-refractivity contribution in [1.29, 1.82) is 0 Å². The summed E-state index contributed by atoms with van der Waals surface area (Å²) in [4.78, 5) is 33.8. The van der Waals surface area contributed by atoms with Gasteiger partial charge in [-0.1, -0.05) is 30.3 Å². The molecule has 1 fully saturated rings. The molecule has 1 saturated heterocycles. The number of ether oxygens (including phenoxy) is 1. The second-order valence-corrected chi connectivity index (χ2v) is 11.1. The number of allylic oxidation sites excluding steroid dienone is 2. The van der Waals surface area contributed by atoms with Crippen LogP contribution in [-0.2, 0) is 16.0 Å². The molecule has 8 nitrogen and oxygen atoms in total. The van der Waals surface area contributed by atoms with Gasteiger partial charge in [-0.25, -0.2) is 9.37 Å². The van der Waals surface area contributed by atoms with Gasteiger partial charge in [-0.05, 0) is 67.7 Å². The van der Waals surface area contributed by atoms with Crippen LogP contribution in [0.1, 0.15) is 41.8 Å². The first kappa shape index (κ1) is 29.8. The highest BCUT2D eigenvalue weighted by molar-refractivity contribution is 5.96. The molecule has 1 amide bonds. The van der Waals surface area contributed by atoms with Crippen LogP contribution in [0.2, 0.25) is 0 Å². The number of carbonyl (C=O) groups excluding carboxylic acids is 2. The summed E-state index contributed by atoms with van der Waals surface area (Å²) in [6.45, 7) is 5.76. The van der Waals surface area contributed by atoms with Crippen LogP contribution in [0.15, 0.2) is 67.0 Å². The van der Waals surface area contributed by atoms with E-state index in [1.807, 2.05) is 55.1 Å². The first-order valence-corrected chi connectivity index (χ1v) is 14.5. The maximum atomic E-state index is 15.4. The Hall–Kier alpha value is -4.66. The molecule has 0 saturated carbocycles. The minimum absolute atomic E-state index is 0.188. The second-order valence-electron chi connectivity index (χ2n) is 11.1. The quantitative estimate of drug-likeness (QED) is 0.259. The lowest BCUT2D eigenvalue weighted by molar-refractivity contribution is -0.144. The Kier molecular flexibility index (Phi) is 8.80. The average Bonchev–Trinajstić information content (AvgIpc) is 3.68. The van der Waals surface area contributed by atoms with Crippen LogP contribution in [0.25, 0.3) is 22.5 Å². The maximum absolute atomic E-state index is 15.4. The number of benzene rings is 2. The Morgan fingerprint density at radius 1 is 1.16 bits per heavy atom. The SMILES string of the molecule is C/C=C(/C)c1ccccc1CCNC(=O)c1cc(N(C)C)c2nc(-c3ccc(N4CC[C@H](C(=O)OC)C4)cc3F)cn2c1. The fourth-order valence-corrected chi connectivity index (χ4v) is 5.62. The van der Waals surface area contributed by atoms with Gasteiger partial charge in [0.15, 0.2) is 5.65 Å². The zero-order valence-corrected chi connectivity index (χ0v) is 25.4. The minimum Gasteiger partial charge on any atom is -0.469 e. The number of hydrogen-bond acceptors (Lipinski definition) is 6. The fraction of sp³-hybridized carbons (Fsp3) is 0.324. The highest BCUT2D eigenvalue weighted by Crippen LogP contribution is 2.31. The molecule has 0 radical (unpaired) electrons. The van der Waals surface area contributed by atoms with Gasteiger partial charge in [0.2, 0.25) is 0 Å². The lowest BCUT2D eigenvalue weighted by Gasteiger charge is -2.19. The highest BCUT2D eigenvalue weighted by Gasteiger charge is 2.29. The number of nitrogens with zero attached hydrogens (tertiary/aromatic N) is 4. The third-order valence-electron chi connectivity index (χ3n) is 8.15. The summed E-state index contributed by atoms with van der Waals surface area (Å²) < 4.78 is 22.1. The number of esters is 1. The van der Waals surface area contributed by atoms with Crippen molar-refractivity contribution in [2.24, 2.45) is 5.92 Å². The fourth-order valence-electron chi connectivity index (χ4n) is 5.62. The van der Waals surface area contributed by atoms with Crippen molar-refractivity contribution in [1.82, 2.24) is 14.7 Å². The van der Waals surface area contributed by atoms with Gasteiger partial charge in [-0.15, -0.1) is 0 Å². The Morgan fingerprint density at radius 3 is 2.67 bits per heavy atom. The van der Waals surface area contributed by atoms with Gasteiger partial charge < -0.3 is 24.3 Å². The van der Waals surface area contributed by atoms with E-state index in [1.54, 1.807) is 22.9 Å². The van der Waals surface area contributed by atoms with E-state index in [0.717, 1.165) is 5.69 Å². The number of methoxy groups -OCH3 is 1. The molecule has 5 rings (SSSR count). The molecular formula is C34H38FN5O3. The van der Waals surface area contributed by atoms with Crippen molar-refractivity contribution in [3.63, 3.8) is 0 Å². The van der Waals surface area contributed by atoms with Crippen molar-refractivity contribution < 1.29 is 18.7 Å². The summed E-state index contributed by atoms with van der Waals surface area (Å²) in [6, 6.07) is 15.1. The molecule has 43 heavy (non-hydrogen) atoms. The van der Waals surface area contributed by atoms with E-state index >= 15 is 4.39 Å². The zero-order valence-electron chi connectivity index (χ0n) is 25.4. The summed E-state index contributed by atoms with van der Waals surface area (Å²) in [5.74, 6) is -1.04. The standard InChI is InChI=1S/C34H38FN5O3/c1-6-22(2)27-10-8-7-9-23(27)13-15-36-33(41)25-17-31(38(3)4)32-37-30(21-40(32)20-25)28-12-11-26(18-29(28)35)39-16-14-24(19-39)34(42)43-5/h6-12,17-18,20-21,24H,13-16,19H2,1-5H3,(H,36,41)/b22-6-/t24-/m0/s1. The zero-order chi connectivity index (χ0) is 30.7. The smallest absolute Gasteiger partial charge is 0.310 e. The summed E-state index contributed by atoms with van der Waals surface area (Å²) >= 11 is 0. The van der Waals surface area contributed by atoms with Crippen molar-refractivity contribution >= 4 is 34.5 Å². The van der Waals surface area contributed by atoms with E-state index in [1.165, 1.54) is 29.9 Å². The Morgan fingerprint density at radius 2 is 1.95 bits per heavy atom. The van der Waals surface area contributed by atoms with Crippen LogP contribution in [0.4, 0.5) is 15.8 Å². The topological polar surface area (TPSA) is 79.2 Å². The predicted molar refractivity (Wildman–Crippen MR) is 169 cm³/mol. The number of imidazole rings is 1. The number of carbonyl (C=O) groups is 2. The Labute approximate surface area is 251 Å². The molecule has 0 unspecified atom stereocenters. The minimum atomic E-state index is -0.403. The molecule has 0 spiro atoms. The predicted octanol–water partition coefficient (Wildman–Crippen LogP) is 5.60. The van der Waals surface area contributed by atoms with Crippen LogP contribution >= 0.6 is 0 Å². The van der Waals surface area contributed by atoms with Crippen molar-refractivity contribution in [2.75, 3.05) is 50.6 Å². The monoisotopic (exact) mass is 583 g/mol. The van der Waals surface area contributed by atoms with E-state index in [9.17, 15) is 9.59 Å². The molecule has 1 aliphatic rings. The van der Waals surface area contributed by atoms with Crippen LogP contribution in [0.3, 0.4) is 0 Å². The molecule has 224 valence electrons. The lowest BCUT2D eigenvalue weighted by atomic mass is 9.98. The largest absolute Gasteiger partial charge is 0.469 e. The van der Waals surface area contributed by atoms with Gasteiger partial charge in [0.1, 0.15) is 5.82 Å². The molecule has 0 aliphatic carbocycles.